The Morgan fingerprint density at radius 2 is 1.83 bits per heavy atom. The van der Waals surface area contributed by atoms with Crippen LogP contribution in [-0.2, 0) is 11.2 Å². The second-order valence-corrected chi connectivity index (χ2v) is 7.25. The number of hydrogen-bond donors (Lipinski definition) is 0. The van der Waals surface area contributed by atoms with Crippen LogP contribution >= 0.6 is 11.8 Å². The van der Waals surface area contributed by atoms with Gasteiger partial charge < -0.3 is 4.74 Å². The third-order valence-corrected chi connectivity index (χ3v) is 5.22. The maximum atomic E-state index is 12.2. The monoisotopic (exact) mass is 349 g/mol. The van der Waals surface area contributed by atoms with E-state index in [0.29, 0.717) is 6.54 Å². The Balaban J connectivity index is 1.74. The summed E-state index contributed by atoms with van der Waals surface area (Å²) in [6.45, 7) is 5.43. The van der Waals surface area contributed by atoms with Crippen molar-refractivity contribution in [2.45, 2.75) is 57.6 Å². The largest absolute Gasteiger partial charge is 0.494 e. The lowest BCUT2D eigenvalue weighted by molar-refractivity contribution is -0.126. The molecule has 0 aromatic heterocycles. The van der Waals surface area contributed by atoms with E-state index in [4.69, 9.17) is 4.74 Å². The Morgan fingerprint density at radius 1 is 1.08 bits per heavy atom. The predicted octanol–water partition coefficient (Wildman–Crippen LogP) is 4.66. The van der Waals surface area contributed by atoms with Gasteiger partial charge in [0.2, 0.25) is 5.91 Å². The van der Waals surface area contributed by atoms with Crippen molar-refractivity contribution >= 4 is 22.9 Å². The van der Waals surface area contributed by atoms with Gasteiger partial charge in [-0.15, -0.1) is 0 Å². The summed E-state index contributed by atoms with van der Waals surface area (Å²) in [6, 6.07) is 8.18. The molecule has 0 aliphatic carbocycles. The summed E-state index contributed by atoms with van der Waals surface area (Å²) in [6.07, 6.45) is 5.60. The number of nitrogens with zero attached hydrogens (tertiary/aromatic N) is 1. The van der Waals surface area contributed by atoms with Gasteiger partial charge in [-0.3, -0.25) is 14.5 Å². The number of unbranched alkanes of at least 4 members (excludes halogenated alkanes) is 1. The number of hydrogen-bond acceptors (Lipinski definition) is 4. The Hall–Kier alpha value is -1.49. The zero-order valence-corrected chi connectivity index (χ0v) is 15.4. The lowest BCUT2D eigenvalue weighted by Gasteiger charge is -2.12. The topological polar surface area (TPSA) is 46.6 Å². The summed E-state index contributed by atoms with van der Waals surface area (Å²) in [5, 5.41) is -0.277. The molecule has 1 atom stereocenters. The van der Waals surface area contributed by atoms with Crippen molar-refractivity contribution in [3.05, 3.63) is 29.8 Å². The standard InChI is InChI=1S/C19H27NO3S/c1-3-5-14-23-16-11-9-15(10-12-16)7-6-8-17-18(21)20(13-4-2)19(22)24-17/h9-12,17H,3-8,13-14H2,1-2H3. The van der Waals surface area contributed by atoms with Gasteiger partial charge in [-0.25, -0.2) is 0 Å². The smallest absolute Gasteiger partial charge is 0.289 e. The normalized spacial score (nSPS) is 17.6. The van der Waals surface area contributed by atoms with Crippen molar-refractivity contribution in [2.24, 2.45) is 0 Å². The van der Waals surface area contributed by atoms with Gasteiger partial charge in [-0.1, -0.05) is 44.2 Å². The van der Waals surface area contributed by atoms with Gasteiger partial charge >= 0.3 is 0 Å². The summed E-state index contributed by atoms with van der Waals surface area (Å²) in [5.41, 5.74) is 1.24. The minimum Gasteiger partial charge on any atom is -0.494 e. The van der Waals surface area contributed by atoms with Crippen LogP contribution in [0.5, 0.6) is 5.75 Å². The van der Waals surface area contributed by atoms with Gasteiger partial charge in [0.25, 0.3) is 5.24 Å². The zero-order valence-electron chi connectivity index (χ0n) is 14.6. The fraction of sp³-hybridized carbons (Fsp3) is 0.579. The third-order valence-electron chi connectivity index (χ3n) is 4.07. The van der Waals surface area contributed by atoms with E-state index in [1.165, 1.54) is 22.2 Å². The lowest BCUT2D eigenvalue weighted by Crippen LogP contribution is -2.32. The van der Waals surface area contributed by atoms with Gasteiger partial charge in [-0.05, 0) is 49.8 Å². The second-order valence-electron chi connectivity index (χ2n) is 6.10. The highest BCUT2D eigenvalue weighted by atomic mass is 32.2. The molecule has 2 rings (SSSR count). The second kappa shape index (κ2) is 9.72. The Morgan fingerprint density at radius 3 is 2.50 bits per heavy atom. The van der Waals surface area contributed by atoms with Crippen molar-refractivity contribution in [3.63, 3.8) is 0 Å². The van der Waals surface area contributed by atoms with Gasteiger partial charge in [-0.2, -0.15) is 0 Å². The van der Waals surface area contributed by atoms with E-state index < -0.39 is 0 Å². The summed E-state index contributed by atoms with van der Waals surface area (Å²) >= 11 is 1.19. The molecule has 1 heterocycles. The fourth-order valence-electron chi connectivity index (χ4n) is 2.69. The minimum atomic E-state index is -0.194. The molecule has 24 heavy (non-hydrogen) atoms. The third kappa shape index (κ3) is 5.26. The molecule has 132 valence electrons. The van der Waals surface area contributed by atoms with Crippen molar-refractivity contribution in [1.29, 1.82) is 0 Å². The van der Waals surface area contributed by atoms with Gasteiger partial charge in [0.1, 0.15) is 5.75 Å². The number of carbonyl (C=O) groups is 2. The van der Waals surface area contributed by atoms with Crippen LogP contribution in [0.15, 0.2) is 24.3 Å². The molecule has 1 fully saturated rings. The average Bonchev–Trinajstić information content (AvgIpc) is 2.85. The summed E-state index contributed by atoms with van der Waals surface area (Å²) < 4.78 is 5.66. The number of carbonyl (C=O) groups excluding carboxylic acids is 2. The zero-order chi connectivity index (χ0) is 17.4. The Bertz CT molecular complexity index is 544. The number of benzene rings is 1. The summed E-state index contributed by atoms with van der Waals surface area (Å²) in [5.74, 6) is 0.904. The van der Waals surface area contributed by atoms with E-state index in [0.717, 1.165) is 50.9 Å². The van der Waals surface area contributed by atoms with Crippen LogP contribution in [0.3, 0.4) is 0 Å². The molecule has 0 radical (unpaired) electrons. The van der Waals surface area contributed by atoms with Crippen LogP contribution in [0.2, 0.25) is 0 Å². The molecule has 1 aromatic carbocycles. The predicted molar refractivity (Wildman–Crippen MR) is 98.6 cm³/mol. The van der Waals surface area contributed by atoms with Crippen LogP contribution < -0.4 is 4.74 Å². The fourth-order valence-corrected chi connectivity index (χ4v) is 3.75. The molecule has 1 aliphatic rings. The van der Waals surface area contributed by atoms with Crippen molar-refractivity contribution in [2.75, 3.05) is 13.2 Å². The van der Waals surface area contributed by atoms with Crippen LogP contribution in [0.25, 0.3) is 0 Å². The van der Waals surface area contributed by atoms with Crippen LogP contribution in [0, 0.1) is 0 Å². The van der Waals surface area contributed by atoms with Crippen molar-refractivity contribution in [3.8, 4) is 5.75 Å². The van der Waals surface area contributed by atoms with Gasteiger partial charge in [0.15, 0.2) is 0 Å². The molecule has 0 bridgehead atoms. The molecule has 1 saturated heterocycles. The van der Waals surface area contributed by atoms with Crippen LogP contribution in [-0.4, -0.2) is 34.4 Å². The molecule has 1 aliphatic heterocycles. The molecule has 0 spiro atoms. The molecular formula is C19H27NO3S. The molecule has 2 amide bonds. The van der Waals surface area contributed by atoms with E-state index in [9.17, 15) is 9.59 Å². The molecule has 5 heteroatoms. The lowest BCUT2D eigenvalue weighted by atomic mass is 10.1. The van der Waals surface area contributed by atoms with E-state index in [-0.39, 0.29) is 16.4 Å². The molecule has 0 N–H and O–H groups in total. The van der Waals surface area contributed by atoms with Gasteiger partial charge in [0, 0.05) is 6.54 Å². The summed E-state index contributed by atoms with van der Waals surface area (Å²) in [4.78, 5) is 25.4. The first kappa shape index (κ1) is 18.8. The highest BCUT2D eigenvalue weighted by Crippen LogP contribution is 2.30. The number of thioether (sulfide) groups is 1. The minimum absolute atomic E-state index is 0.00785. The number of ether oxygens (including phenoxy) is 1. The van der Waals surface area contributed by atoms with Crippen molar-refractivity contribution in [1.82, 2.24) is 4.90 Å². The number of imide groups is 1. The maximum absolute atomic E-state index is 12.2. The first-order valence-corrected chi connectivity index (χ1v) is 9.77. The van der Waals surface area contributed by atoms with Gasteiger partial charge in [0.05, 0.1) is 11.9 Å². The highest BCUT2D eigenvalue weighted by Gasteiger charge is 2.38. The quantitative estimate of drug-likeness (QED) is 0.576. The molecule has 4 nitrogen and oxygen atoms in total. The SMILES string of the molecule is CCCCOc1ccc(CCCC2SC(=O)N(CCC)C2=O)cc1. The number of rotatable bonds is 10. The van der Waals surface area contributed by atoms with Crippen LogP contribution in [0.4, 0.5) is 4.79 Å². The summed E-state index contributed by atoms with van der Waals surface area (Å²) in [7, 11) is 0. The number of amides is 2. The van der Waals surface area contributed by atoms with E-state index >= 15 is 0 Å². The molecular weight excluding hydrogens is 322 g/mol. The number of aryl methyl sites for hydroxylation is 1. The van der Waals surface area contributed by atoms with E-state index in [2.05, 4.69) is 19.1 Å². The van der Waals surface area contributed by atoms with Crippen molar-refractivity contribution < 1.29 is 14.3 Å². The molecule has 1 unspecified atom stereocenters. The van der Waals surface area contributed by atoms with Crippen LogP contribution in [0.1, 0.15) is 51.5 Å². The first-order valence-electron chi connectivity index (χ1n) is 8.89. The molecule has 0 saturated carbocycles. The van der Waals surface area contributed by atoms with E-state index in [1.807, 2.05) is 19.1 Å². The molecule has 1 aromatic rings. The Labute approximate surface area is 148 Å². The first-order chi connectivity index (χ1) is 11.7. The average molecular weight is 349 g/mol. The maximum Gasteiger partial charge on any atom is 0.289 e. The Kier molecular flexibility index (Phi) is 7.63. The highest BCUT2D eigenvalue weighted by molar-refractivity contribution is 8.15. The van der Waals surface area contributed by atoms with E-state index in [1.54, 1.807) is 0 Å².